The van der Waals surface area contributed by atoms with E-state index in [1.54, 1.807) is 0 Å². The zero-order valence-electron chi connectivity index (χ0n) is 4.33. The van der Waals surface area contributed by atoms with Gasteiger partial charge in [-0.2, -0.15) is 4.37 Å². The van der Waals surface area contributed by atoms with Gasteiger partial charge in [0.1, 0.15) is 0 Å². The topological polar surface area (TPSA) is 32.8 Å². The Balaban J connectivity index is 2.50. The molecule has 1 radical (unpaired) electrons. The minimum Gasteiger partial charge on any atom is -0.236 e. The van der Waals surface area contributed by atoms with Crippen molar-refractivity contribution in [1.29, 1.82) is 0 Å². The van der Waals surface area contributed by atoms with E-state index in [0.29, 0.717) is 6.42 Å². The average Bonchev–Trinajstić information content (AvgIpc) is 2.19. The van der Waals surface area contributed by atoms with Gasteiger partial charge in [-0.15, -0.1) is 0 Å². The molecule has 1 aromatic rings. The highest BCUT2D eigenvalue weighted by Gasteiger charge is 1.90. The Morgan fingerprint density at radius 1 is 1.75 bits per heavy atom. The van der Waals surface area contributed by atoms with Crippen molar-refractivity contribution in [3.05, 3.63) is 17.1 Å². The van der Waals surface area contributed by atoms with Crippen molar-refractivity contribution in [2.24, 2.45) is 0 Å². The molecule has 1 heterocycles. The van der Waals surface area contributed by atoms with Crippen LogP contribution in [0.25, 0.3) is 0 Å². The third-order valence-electron chi connectivity index (χ3n) is 0.849. The van der Waals surface area contributed by atoms with Gasteiger partial charge in [0.15, 0.2) is 0 Å². The van der Waals surface area contributed by atoms with Crippen molar-refractivity contribution in [3.8, 4) is 0 Å². The van der Waals surface area contributed by atoms with Crippen LogP contribution in [0, 0.1) is 0 Å². The Morgan fingerprint density at radius 3 is 3.12 bits per heavy atom. The van der Waals surface area contributed by atoms with Gasteiger partial charge in [-0.3, -0.25) is 0 Å². The Kier molecular flexibility index (Phi) is 2.00. The van der Waals surface area contributed by atoms with Gasteiger partial charge in [-0.1, -0.05) is 0 Å². The first-order chi connectivity index (χ1) is 3.93. The average molecular weight is 128 g/mol. The maximum Gasteiger partial charge on any atom is 0.0878 e. The molecule has 0 fully saturated rings. The van der Waals surface area contributed by atoms with Crippen LogP contribution in [0.5, 0.6) is 0 Å². The molecule has 0 N–H and O–H groups in total. The maximum atomic E-state index is 9.96. The molecule has 0 aliphatic rings. The van der Waals surface area contributed by atoms with E-state index in [-0.39, 0.29) is 6.61 Å². The van der Waals surface area contributed by atoms with Gasteiger partial charge < -0.3 is 0 Å². The lowest BCUT2D eigenvalue weighted by Crippen LogP contribution is -1.86. The van der Waals surface area contributed by atoms with E-state index in [4.69, 9.17) is 0 Å². The van der Waals surface area contributed by atoms with Crippen molar-refractivity contribution >= 4 is 11.5 Å². The van der Waals surface area contributed by atoms with E-state index in [2.05, 4.69) is 4.37 Å². The minimum absolute atomic E-state index is 0.0519. The van der Waals surface area contributed by atoms with Crippen LogP contribution >= 0.6 is 11.5 Å². The van der Waals surface area contributed by atoms with Crippen LogP contribution in [0.4, 0.5) is 0 Å². The molecule has 8 heavy (non-hydrogen) atoms. The summed E-state index contributed by atoms with van der Waals surface area (Å²) < 4.78 is 3.95. The summed E-state index contributed by atoms with van der Waals surface area (Å²) in [5.74, 6) is 0. The highest BCUT2D eigenvalue weighted by atomic mass is 32.1. The first kappa shape index (κ1) is 5.72. The molecular formula is C5H6NOS. The number of hydrogen-bond acceptors (Lipinski definition) is 2. The second-order valence-corrected chi connectivity index (χ2v) is 2.11. The number of nitrogens with zero attached hydrogens (tertiary/aromatic N) is 1. The van der Waals surface area contributed by atoms with Crippen LogP contribution in [0.1, 0.15) is 5.69 Å². The molecule has 0 aliphatic heterocycles. The van der Waals surface area contributed by atoms with Crippen LogP contribution < -0.4 is 0 Å². The Morgan fingerprint density at radius 2 is 2.62 bits per heavy atom. The summed E-state index contributed by atoms with van der Waals surface area (Å²) in [6, 6.07) is 1.88. The summed E-state index contributed by atoms with van der Waals surface area (Å²) in [6.07, 6.45) is 0.573. The summed E-state index contributed by atoms with van der Waals surface area (Å²) in [4.78, 5) is 0. The summed E-state index contributed by atoms with van der Waals surface area (Å²) in [6.45, 7) is -0.0519. The summed E-state index contributed by atoms with van der Waals surface area (Å²) in [5.41, 5.74) is 0.921. The molecule has 3 heteroatoms. The molecule has 0 aliphatic carbocycles. The van der Waals surface area contributed by atoms with Crippen molar-refractivity contribution in [1.82, 2.24) is 4.37 Å². The Hall–Kier alpha value is -0.410. The molecule has 1 rings (SSSR count). The van der Waals surface area contributed by atoms with Gasteiger partial charge in [-0.05, 0) is 17.6 Å². The third-order valence-corrected chi connectivity index (χ3v) is 1.45. The quantitative estimate of drug-likeness (QED) is 0.587. The largest absolute Gasteiger partial charge is 0.236 e. The molecule has 0 bridgehead atoms. The molecule has 0 spiro atoms. The predicted octanol–water partition coefficient (Wildman–Crippen LogP) is 1.12. The molecular weight excluding hydrogens is 122 g/mol. The lowest BCUT2D eigenvalue weighted by atomic mass is 10.3. The summed E-state index contributed by atoms with van der Waals surface area (Å²) >= 11 is 1.39. The van der Waals surface area contributed by atoms with Gasteiger partial charge in [0, 0.05) is 11.8 Å². The van der Waals surface area contributed by atoms with E-state index >= 15 is 0 Å². The lowest BCUT2D eigenvalue weighted by molar-refractivity contribution is 0.196. The molecule has 2 nitrogen and oxygen atoms in total. The Bertz CT molecular complexity index is 138. The number of rotatable bonds is 2. The lowest BCUT2D eigenvalue weighted by Gasteiger charge is -1.82. The van der Waals surface area contributed by atoms with E-state index < -0.39 is 0 Å². The predicted molar refractivity (Wildman–Crippen MR) is 31.4 cm³/mol. The van der Waals surface area contributed by atoms with E-state index in [0.717, 1.165) is 5.69 Å². The Labute approximate surface area is 52.0 Å². The van der Waals surface area contributed by atoms with Gasteiger partial charge >= 0.3 is 0 Å². The molecule has 0 saturated carbocycles. The third kappa shape index (κ3) is 1.28. The highest BCUT2D eigenvalue weighted by Crippen LogP contribution is 1.98. The zero-order chi connectivity index (χ0) is 5.82. The van der Waals surface area contributed by atoms with Crippen molar-refractivity contribution in [2.75, 3.05) is 6.61 Å². The van der Waals surface area contributed by atoms with E-state index in [1.165, 1.54) is 11.5 Å². The van der Waals surface area contributed by atoms with Gasteiger partial charge in [0.05, 0.1) is 12.3 Å². The van der Waals surface area contributed by atoms with Crippen LogP contribution in [-0.4, -0.2) is 11.0 Å². The fourth-order valence-corrected chi connectivity index (χ4v) is 1.04. The highest BCUT2D eigenvalue weighted by molar-refractivity contribution is 7.03. The van der Waals surface area contributed by atoms with E-state index in [1.807, 2.05) is 11.4 Å². The van der Waals surface area contributed by atoms with Crippen LogP contribution in [-0.2, 0) is 11.5 Å². The fraction of sp³-hybridized carbons (Fsp3) is 0.400. The normalized spacial score (nSPS) is 9.62. The van der Waals surface area contributed by atoms with Crippen LogP contribution in [0.15, 0.2) is 11.4 Å². The first-order valence-corrected chi connectivity index (χ1v) is 3.24. The maximum absolute atomic E-state index is 9.96. The van der Waals surface area contributed by atoms with Crippen LogP contribution in [0.3, 0.4) is 0 Å². The van der Waals surface area contributed by atoms with E-state index in [9.17, 15) is 5.11 Å². The smallest absolute Gasteiger partial charge is 0.0878 e. The minimum atomic E-state index is -0.0519. The van der Waals surface area contributed by atoms with Gasteiger partial charge in [0.2, 0.25) is 0 Å². The van der Waals surface area contributed by atoms with Crippen molar-refractivity contribution in [2.45, 2.75) is 6.42 Å². The second-order valence-electron chi connectivity index (χ2n) is 1.44. The van der Waals surface area contributed by atoms with Crippen molar-refractivity contribution < 1.29 is 5.11 Å². The molecule has 0 amide bonds. The van der Waals surface area contributed by atoms with Crippen LogP contribution in [0.2, 0.25) is 0 Å². The summed E-state index contributed by atoms with van der Waals surface area (Å²) in [7, 11) is 0. The SMILES string of the molecule is [O]CCc1ccsn1. The fourth-order valence-electron chi connectivity index (χ4n) is 0.471. The van der Waals surface area contributed by atoms with Crippen molar-refractivity contribution in [3.63, 3.8) is 0 Å². The summed E-state index contributed by atoms with van der Waals surface area (Å²) in [5, 5.41) is 11.8. The molecule has 0 unspecified atom stereocenters. The van der Waals surface area contributed by atoms with Gasteiger partial charge in [-0.25, -0.2) is 5.11 Å². The second kappa shape index (κ2) is 2.79. The monoisotopic (exact) mass is 128 g/mol. The molecule has 0 atom stereocenters. The molecule has 43 valence electrons. The van der Waals surface area contributed by atoms with Gasteiger partial charge in [0.25, 0.3) is 0 Å². The molecule has 0 aromatic carbocycles. The standard InChI is InChI=1S/C5H6NOS/c7-3-1-5-2-4-8-6-5/h2,4H,1,3H2. The molecule has 0 saturated heterocycles. The molecule has 1 aromatic heterocycles. The number of hydrogen-bond donors (Lipinski definition) is 0. The number of aromatic nitrogens is 1. The zero-order valence-corrected chi connectivity index (χ0v) is 5.15. The first-order valence-electron chi connectivity index (χ1n) is 2.41.